The van der Waals surface area contributed by atoms with Crippen LogP contribution in [0.4, 0.5) is 8.78 Å². The molecule has 0 aliphatic carbocycles. The van der Waals surface area contributed by atoms with Crippen molar-refractivity contribution in [3.05, 3.63) is 59.2 Å². The first-order valence-corrected chi connectivity index (χ1v) is 9.10. The molecule has 0 saturated carbocycles. The molecule has 1 saturated heterocycles. The predicted molar refractivity (Wildman–Crippen MR) is 92.4 cm³/mol. The molecule has 4 rings (SSSR count). The van der Waals surface area contributed by atoms with Crippen LogP contribution in [0, 0.1) is 11.6 Å². The molecule has 1 fully saturated rings. The first-order chi connectivity index (χ1) is 11.6. The van der Waals surface area contributed by atoms with Crippen LogP contribution < -0.4 is 0 Å². The van der Waals surface area contributed by atoms with Gasteiger partial charge in [0.25, 0.3) is 0 Å². The standard InChI is InChI=1S/C19H20F2N2S/c1-22-6-8-23(9-7-22)17-10-13-2-3-15(21)12-19(13)24-18-5-4-14(20)11-16(17)18/h2-5,11-12,17H,6-10H2,1H3. The summed E-state index contributed by atoms with van der Waals surface area (Å²) >= 11 is 1.55. The fourth-order valence-electron chi connectivity index (χ4n) is 3.56. The van der Waals surface area contributed by atoms with Gasteiger partial charge >= 0.3 is 0 Å². The van der Waals surface area contributed by atoms with Crippen LogP contribution in [-0.4, -0.2) is 43.0 Å². The van der Waals surface area contributed by atoms with Crippen molar-refractivity contribution in [1.82, 2.24) is 9.80 Å². The molecule has 2 aromatic carbocycles. The fraction of sp³-hybridized carbons (Fsp3) is 0.368. The number of benzene rings is 2. The molecule has 0 bridgehead atoms. The zero-order chi connectivity index (χ0) is 16.7. The minimum absolute atomic E-state index is 0.142. The summed E-state index contributed by atoms with van der Waals surface area (Å²) in [7, 11) is 2.13. The van der Waals surface area contributed by atoms with Crippen molar-refractivity contribution < 1.29 is 8.78 Å². The maximum atomic E-state index is 13.9. The Balaban J connectivity index is 1.77. The van der Waals surface area contributed by atoms with Crippen LogP contribution >= 0.6 is 11.8 Å². The van der Waals surface area contributed by atoms with Gasteiger partial charge in [-0.1, -0.05) is 17.8 Å². The monoisotopic (exact) mass is 346 g/mol. The van der Waals surface area contributed by atoms with Crippen LogP contribution in [0.15, 0.2) is 46.2 Å². The van der Waals surface area contributed by atoms with E-state index in [-0.39, 0.29) is 17.7 Å². The van der Waals surface area contributed by atoms with Gasteiger partial charge in [-0.05, 0) is 54.9 Å². The molecule has 2 nitrogen and oxygen atoms in total. The van der Waals surface area contributed by atoms with Gasteiger partial charge in [-0.25, -0.2) is 8.78 Å². The zero-order valence-corrected chi connectivity index (χ0v) is 14.5. The highest BCUT2D eigenvalue weighted by Crippen LogP contribution is 2.43. The van der Waals surface area contributed by atoms with Gasteiger partial charge in [0.15, 0.2) is 0 Å². The summed E-state index contributed by atoms with van der Waals surface area (Å²) in [5, 5.41) is 0. The lowest BCUT2D eigenvalue weighted by Gasteiger charge is -2.38. The molecule has 0 spiro atoms. The van der Waals surface area contributed by atoms with Gasteiger partial charge in [-0.3, -0.25) is 4.90 Å². The highest BCUT2D eigenvalue weighted by molar-refractivity contribution is 7.99. The molecule has 0 radical (unpaired) electrons. The minimum atomic E-state index is -0.219. The lowest BCUT2D eigenvalue weighted by atomic mass is 9.96. The third-order valence-corrected chi connectivity index (χ3v) is 6.16. The van der Waals surface area contributed by atoms with E-state index in [1.807, 2.05) is 12.1 Å². The van der Waals surface area contributed by atoms with Gasteiger partial charge in [0.2, 0.25) is 0 Å². The van der Waals surface area contributed by atoms with E-state index in [1.54, 1.807) is 23.9 Å². The maximum Gasteiger partial charge on any atom is 0.124 e. The molecule has 2 aliphatic heterocycles. The van der Waals surface area contributed by atoms with Gasteiger partial charge in [0.1, 0.15) is 11.6 Å². The molecular weight excluding hydrogens is 326 g/mol. The maximum absolute atomic E-state index is 13.9. The molecule has 2 aromatic rings. The number of nitrogens with zero attached hydrogens (tertiary/aromatic N) is 2. The van der Waals surface area contributed by atoms with Crippen molar-refractivity contribution in [3.8, 4) is 0 Å². The van der Waals surface area contributed by atoms with Gasteiger partial charge in [0.05, 0.1) is 0 Å². The second-order valence-corrected chi connectivity index (χ2v) is 7.68. The Labute approximate surface area is 145 Å². The summed E-state index contributed by atoms with van der Waals surface area (Å²) in [6, 6.07) is 10.1. The zero-order valence-electron chi connectivity index (χ0n) is 13.6. The molecule has 5 heteroatoms. The Kier molecular flexibility index (Phi) is 4.33. The summed E-state index contributed by atoms with van der Waals surface area (Å²) in [6.07, 6.45) is 0.794. The predicted octanol–water partition coefficient (Wildman–Crippen LogP) is 3.96. The van der Waals surface area contributed by atoms with E-state index >= 15 is 0 Å². The Hall–Kier alpha value is -1.43. The summed E-state index contributed by atoms with van der Waals surface area (Å²) < 4.78 is 27.6. The van der Waals surface area contributed by atoms with Crippen molar-refractivity contribution in [2.24, 2.45) is 0 Å². The Morgan fingerprint density at radius 3 is 2.42 bits per heavy atom. The number of rotatable bonds is 1. The normalized spacial score (nSPS) is 21.9. The van der Waals surface area contributed by atoms with Crippen molar-refractivity contribution >= 4 is 11.8 Å². The highest BCUT2D eigenvalue weighted by atomic mass is 32.2. The summed E-state index contributed by atoms with van der Waals surface area (Å²) in [5.41, 5.74) is 2.17. The quantitative estimate of drug-likeness (QED) is 0.772. The molecule has 2 aliphatic rings. The van der Waals surface area contributed by atoms with Gasteiger partial charge in [-0.15, -0.1) is 0 Å². The smallest absolute Gasteiger partial charge is 0.124 e. The largest absolute Gasteiger partial charge is 0.304 e. The molecule has 1 atom stereocenters. The molecule has 0 aromatic heterocycles. The Morgan fingerprint density at radius 1 is 0.917 bits per heavy atom. The molecule has 126 valence electrons. The fourth-order valence-corrected chi connectivity index (χ4v) is 4.70. The Bertz CT molecular complexity index is 757. The summed E-state index contributed by atoms with van der Waals surface area (Å²) in [5.74, 6) is -0.423. The van der Waals surface area contributed by atoms with Crippen LogP contribution in [0.5, 0.6) is 0 Å². The first kappa shape index (κ1) is 16.1. The Morgan fingerprint density at radius 2 is 1.62 bits per heavy atom. The van der Waals surface area contributed by atoms with Crippen LogP contribution in [0.1, 0.15) is 17.2 Å². The molecular formula is C19H20F2N2S. The summed E-state index contributed by atoms with van der Waals surface area (Å²) in [6.45, 7) is 3.98. The SMILES string of the molecule is CN1CCN(C2Cc3ccc(F)cc3Sc3ccc(F)cc32)CC1. The average Bonchev–Trinajstić information content (AvgIpc) is 2.72. The van der Waals surface area contributed by atoms with E-state index in [1.165, 1.54) is 12.1 Å². The molecule has 2 heterocycles. The van der Waals surface area contributed by atoms with Gasteiger partial charge in [0, 0.05) is 42.0 Å². The second-order valence-electron chi connectivity index (χ2n) is 6.60. The molecule has 24 heavy (non-hydrogen) atoms. The highest BCUT2D eigenvalue weighted by Gasteiger charge is 2.29. The van der Waals surface area contributed by atoms with E-state index in [4.69, 9.17) is 0 Å². The van der Waals surface area contributed by atoms with Crippen molar-refractivity contribution in [2.75, 3.05) is 33.2 Å². The van der Waals surface area contributed by atoms with Crippen LogP contribution in [0.3, 0.4) is 0 Å². The van der Waals surface area contributed by atoms with E-state index in [9.17, 15) is 8.78 Å². The van der Waals surface area contributed by atoms with Gasteiger partial charge < -0.3 is 4.90 Å². The minimum Gasteiger partial charge on any atom is -0.304 e. The van der Waals surface area contributed by atoms with E-state index in [0.717, 1.165) is 53.5 Å². The van der Waals surface area contributed by atoms with Crippen molar-refractivity contribution in [2.45, 2.75) is 22.3 Å². The third kappa shape index (κ3) is 3.08. The summed E-state index contributed by atoms with van der Waals surface area (Å²) in [4.78, 5) is 6.74. The first-order valence-electron chi connectivity index (χ1n) is 8.28. The van der Waals surface area contributed by atoms with E-state index in [0.29, 0.717) is 0 Å². The molecule has 1 unspecified atom stereocenters. The number of piperazine rings is 1. The van der Waals surface area contributed by atoms with Crippen LogP contribution in [0.2, 0.25) is 0 Å². The number of fused-ring (bicyclic) bond motifs is 2. The lowest BCUT2D eigenvalue weighted by molar-refractivity contribution is 0.109. The van der Waals surface area contributed by atoms with E-state index < -0.39 is 0 Å². The number of hydrogen-bond acceptors (Lipinski definition) is 3. The number of likely N-dealkylation sites (N-methyl/N-ethyl adjacent to an activating group) is 1. The lowest BCUT2D eigenvalue weighted by Crippen LogP contribution is -2.46. The number of halogens is 2. The van der Waals surface area contributed by atoms with Crippen LogP contribution in [-0.2, 0) is 6.42 Å². The van der Waals surface area contributed by atoms with Crippen molar-refractivity contribution in [1.29, 1.82) is 0 Å². The van der Waals surface area contributed by atoms with E-state index in [2.05, 4.69) is 16.8 Å². The van der Waals surface area contributed by atoms with Gasteiger partial charge in [-0.2, -0.15) is 0 Å². The third-order valence-electron chi connectivity index (χ3n) is 4.97. The van der Waals surface area contributed by atoms with Crippen LogP contribution in [0.25, 0.3) is 0 Å². The molecule has 0 N–H and O–H groups in total. The second kappa shape index (κ2) is 6.47. The molecule has 0 amide bonds. The average molecular weight is 346 g/mol. The topological polar surface area (TPSA) is 6.48 Å². The van der Waals surface area contributed by atoms with Crippen molar-refractivity contribution in [3.63, 3.8) is 0 Å². The number of hydrogen-bond donors (Lipinski definition) is 0.